The van der Waals surface area contributed by atoms with Crippen molar-refractivity contribution in [1.29, 1.82) is 0 Å². The maximum Gasteiger partial charge on any atom is 0.126 e. The number of aryl methyl sites for hydroxylation is 2. The summed E-state index contributed by atoms with van der Waals surface area (Å²) in [5.41, 5.74) is 13.3. The van der Waals surface area contributed by atoms with Crippen LogP contribution in [0.5, 0.6) is 0 Å². The van der Waals surface area contributed by atoms with Gasteiger partial charge >= 0.3 is 0 Å². The molecule has 0 amide bonds. The first-order valence-corrected chi connectivity index (χ1v) is 22.9. The topological polar surface area (TPSA) is 12.4 Å². The maximum atomic E-state index is 5.65. The molecular weight excluding hydrogens is 616 g/mol. The van der Waals surface area contributed by atoms with Gasteiger partial charge in [0, 0.05) is 23.2 Å². The van der Waals surface area contributed by atoms with Gasteiger partial charge in [-0.05, 0) is 143 Å². The van der Waals surface area contributed by atoms with Crippen LogP contribution in [0.2, 0.25) is 0 Å². The lowest BCUT2D eigenvalue weighted by Crippen LogP contribution is -2.49. The highest BCUT2D eigenvalue weighted by atomic mass is 31.1. The number of aliphatic imine (C=N–C) groups is 1. The van der Waals surface area contributed by atoms with Gasteiger partial charge in [-0.15, -0.1) is 0 Å². The van der Waals surface area contributed by atoms with Crippen molar-refractivity contribution in [3.63, 3.8) is 0 Å². The average molecular weight is 674 g/mol. The lowest BCUT2D eigenvalue weighted by Gasteiger charge is -2.52. The summed E-state index contributed by atoms with van der Waals surface area (Å²) in [7, 11) is -0.656. The number of nitrogens with zero attached hydrogens (tertiary/aromatic N) is 1. The molecule has 2 aromatic carbocycles. The third-order valence-corrected chi connectivity index (χ3v) is 21.0. The average Bonchev–Trinajstić information content (AvgIpc) is 3.97. The van der Waals surface area contributed by atoms with Crippen LogP contribution in [-0.4, -0.2) is 29.5 Å². The van der Waals surface area contributed by atoms with Gasteiger partial charge in [0.1, 0.15) is 5.28 Å². The second-order valence-corrected chi connectivity index (χ2v) is 22.3. The van der Waals surface area contributed by atoms with E-state index in [1.54, 1.807) is 16.2 Å². The van der Waals surface area contributed by atoms with Crippen LogP contribution in [-0.2, 0) is 0 Å². The Labute approximate surface area is 293 Å². The molecular formula is C45H57NP2. The predicted octanol–water partition coefficient (Wildman–Crippen LogP) is 11.4. The van der Waals surface area contributed by atoms with Gasteiger partial charge in [0.25, 0.3) is 0 Å². The van der Waals surface area contributed by atoms with Crippen LogP contribution in [0, 0.1) is 48.9 Å². The molecule has 2 aromatic rings. The molecule has 9 rings (SSSR count). The first-order valence-electron chi connectivity index (χ1n) is 19.8. The number of benzene rings is 2. The van der Waals surface area contributed by atoms with Gasteiger partial charge in [0.15, 0.2) is 0 Å². The van der Waals surface area contributed by atoms with Crippen molar-refractivity contribution in [2.75, 3.05) is 12.3 Å². The van der Waals surface area contributed by atoms with E-state index < -0.39 is 7.92 Å². The molecule has 252 valence electrons. The molecule has 0 saturated heterocycles. The van der Waals surface area contributed by atoms with Crippen LogP contribution in [0.15, 0.2) is 87.5 Å². The van der Waals surface area contributed by atoms with Gasteiger partial charge in [-0.1, -0.05) is 118 Å². The molecule has 6 atom stereocenters. The van der Waals surface area contributed by atoms with Crippen LogP contribution in [0.4, 0.5) is 0 Å². The van der Waals surface area contributed by atoms with Crippen LogP contribution < -0.4 is 10.6 Å². The zero-order valence-corrected chi connectivity index (χ0v) is 32.1. The summed E-state index contributed by atoms with van der Waals surface area (Å²) in [5.74, 6) is 3.92. The first-order chi connectivity index (χ1) is 23.4. The standard InChI is InChI=1S/C45H57NP2/c1-6-47(7-2)42-26-35-25-39(42)44(36-22-17-32(18-23-36)16-19-33-20-21-34-24-37(33)34)27-38(35)31(5)43(44)45(28-46-45)48(40-14-10-8-12-29(40)3)41-15-11-9-13-30(41)4/h8-15,25,28,31-32,34,36,42-43H,6-7,16-24,26-27H2,1-5H3. The third kappa shape index (κ3) is 4.86. The lowest BCUT2D eigenvalue weighted by atomic mass is 9.56. The Bertz CT molecular complexity index is 1680. The zero-order valence-electron chi connectivity index (χ0n) is 30.3. The molecule has 6 aliphatic carbocycles. The number of hydrogen-bond acceptors (Lipinski definition) is 1. The van der Waals surface area contributed by atoms with Gasteiger partial charge in [0.05, 0.1) is 0 Å². The van der Waals surface area contributed by atoms with Gasteiger partial charge in [0.2, 0.25) is 0 Å². The Balaban J connectivity index is 1.12. The minimum atomic E-state index is -0.677. The van der Waals surface area contributed by atoms with E-state index >= 15 is 0 Å². The summed E-state index contributed by atoms with van der Waals surface area (Å²) in [4.78, 5) is 5.65. The van der Waals surface area contributed by atoms with Crippen LogP contribution in [0.25, 0.3) is 0 Å². The Hall–Kier alpha value is -1.81. The molecule has 48 heavy (non-hydrogen) atoms. The van der Waals surface area contributed by atoms with E-state index in [2.05, 4.69) is 95.4 Å². The van der Waals surface area contributed by atoms with E-state index in [1.807, 2.05) is 22.3 Å². The molecule has 6 unspecified atom stereocenters. The van der Waals surface area contributed by atoms with E-state index in [9.17, 15) is 0 Å². The van der Waals surface area contributed by atoms with Gasteiger partial charge < -0.3 is 0 Å². The third-order valence-electron chi connectivity index (χ3n) is 14.8. The molecule has 3 saturated carbocycles. The van der Waals surface area contributed by atoms with Crippen molar-refractivity contribution in [2.24, 2.45) is 40.0 Å². The summed E-state index contributed by atoms with van der Waals surface area (Å²) in [5, 5.41) is 3.04. The van der Waals surface area contributed by atoms with Gasteiger partial charge in [-0.2, -0.15) is 0 Å². The van der Waals surface area contributed by atoms with Crippen LogP contribution in [0.3, 0.4) is 0 Å². The molecule has 4 bridgehead atoms. The molecule has 3 heteroatoms. The predicted molar refractivity (Wildman–Crippen MR) is 210 cm³/mol. The fourth-order valence-corrected chi connectivity index (χ4v) is 18.2. The van der Waals surface area contributed by atoms with Crippen LogP contribution >= 0.6 is 15.8 Å². The first kappa shape index (κ1) is 32.1. The molecule has 0 radical (unpaired) electrons. The second-order valence-electron chi connectivity index (χ2n) is 16.8. The van der Waals surface area contributed by atoms with Crippen molar-refractivity contribution in [3.8, 4) is 0 Å². The fourth-order valence-electron chi connectivity index (χ4n) is 12.3. The monoisotopic (exact) mass is 673 g/mol. The Kier molecular flexibility index (Phi) is 8.14. The van der Waals surface area contributed by atoms with Crippen molar-refractivity contribution < 1.29 is 0 Å². The SMILES string of the molecule is CCP(CC)C1CC2=C3CC(C4CCC(CCC5=C6CC6CC5)CC4)(C1=C2)C(C1(P(c2ccccc2C)c2ccccc2C)C=N1)C3C. The minimum Gasteiger partial charge on any atom is -0.277 e. The summed E-state index contributed by atoms with van der Waals surface area (Å²) >= 11 is 0. The van der Waals surface area contributed by atoms with Crippen molar-refractivity contribution in [2.45, 2.75) is 116 Å². The molecule has 1 aliphatic heterocycles. The largest absolute Gasteiger partial charge is 0.277 e. The number of hydrogen-bond donors (Lipinski definition) is 0. The van der Waals surface area contributed by atoms with Gasteiger partial charge in [-0.3, -0.25) is 4.99 Å². The molecule has 0 aromatic heterocycles. The normalized spacial score (nSPS) is 36.0. The Morgan fingerprint density at radius 1 is 0.833 bits per heavy atom. The molecule has 0 spiro atoms. The van der Waals surface area contributed by atoms with E-state index in [-0.39, 0.29) is 18.6 Å². The van der Waals surface area contributed by atoms with Crippen LogP contribution in [0.1, 0.15) is 103 Å². The Morgan fingerprint density at radius 3 is 2.06 bits per heavy atom. The lowest BCUT2D eigenvalue weighted by molar-refractivity contribution is 0.0731. The van der Waals surface area contributed by atoms with Crippen molar-refractivity contribution in [3.05, 3.63) is 93.6 Å². The number of allylic oxidation sites excluding steroid dienone is 6. The minimum absolute atomic E-state index is 0.0208. The summed E-state index contributed by atoms with van der Waals surface area (Å²) in [6.07, 6.45) is 23.8. The molecule has 3 fully saturated rings. The molecule has 1 nitrogen and oxygen atoms in total. The van der Waals surface area contributed by atoms with Gasteiger partial charge in [-0.25, -0.2) is 0 Å². The highest BCUT2D eigenvalue weighted by molar-refractivity contribution is 7.75. The maximum absolute atomic E-state index is 5.65. The number of rotatable bonds is 11. The molecule has 7 aliphatic rings. The second kappa shape index (κ2) is 12.2. The van der Waals surface area contributed by atoms with E-state index in [4.69, 9.17) is 4.99 Å². The highest BCUT2D eigenvalue weighted by Gasteiger charge is 2.70. The number of fused-ring (bicyclic) bond motifs is 5. The fraction of sp³-hybridized carbons (Fsp3) is 0.578. The smallest absolute Gasteiger partial charge is 0.126 e. The quantitative estimate of drug-likeness (QED) is 0.166. The van der Waals surface area contributed by atoms with E-state index in [0.29, 0.717) is 11.8 Å². The molecule has 1 heterocycles. The van der Waals surface area contributed by atoms with E-state index in [1.165, 1.54) is 94.1 Å². The summed E-state index contributed by atoms with van der Waals surface area (Å²) in [6.45, 7) is 12.4. The molecule has 0 N–H and O–H groups in total. The highest BCUT2D eigenvalue weighted by Crippen LogP contribution is 2.77. The Morgan fingerprint density at radius 2 is 1.50 bits per heavy atom. The summed E-state index contributed by atoms with van der Waals surface area (Å²) < 4.78 is 0. The van der Waals surface area contributed by atoms with Crippen molar-refractivity contribution >= 4 is 32.7 Å². The van der Waals surface area contributed by atoms with E-state index in [0.717, 1.165) is 23.4 Å². The summed E-state index contributed by atoms with van der Waals surface area (Å²) in [6, 6.07) is 18.7. The zero-order chi connectivity index (χ0) is 32.8. The van der Waals surface area contributed by atoms with Crippen molar-refractivity contribution in [1.82, 2.24) is 0 Å².